The first-order valence-electron chi connectivity index (χ1n) is 7.20. The van der Waals surface area contributed by atoms with Gasteiger partial charge in [-0.15, -0.1) is 0 Å². The summed E-state index contributed by atoms with van der Waals surface area (Å²) in [6.07, 6.45) is 0.251. The van der Waals surface area contributed by atoms with Crippen molar-refractivity contribution in [3.05, 3.63) is 69.5 Å². The Balaban J connectivity index is 2.04. The smallest absolute Gasteiger partial charge is 0.271 e. The van der Waals surface area contributed by atoms with Crippen LogP contribution < -0.4 is 5.56 Å². The number of aryl methyl sites for hydroxylation is 1. The summed E-state index contributed by atoms with van der Waals surface area (Å²) in [4.78, 5) is 14.0. The van der Waals surface area contributed by atoms with Crippen LogP contribution in [0.5, 0.6) is 5.75 Å². The zero-order chi connectivity index (χ0) is 17.3. The SMILES string of the molecule is O=c1[nH]c2cc(Cl)ccc2c(O)c1S(=O)(=O)CCc1ccccc1. The van der Waals surface area contributed by atoms with Gasteiger partial charge in [0.2, 0.25) is 0 Å². The van der Waals surface area contributed by atoms with E-state index in [-0.39, 0.29) is 23.1 Å². The largest absolute Gasteiger partial charge is 0.506 e. The Kier molecular flexibility index (Phi) is 4.34. The third-order valence-electron chi connectivity index (χ3n) is 3.72. The summed E-state index contributed by atoms with van der Waals surface area (Å²) in [6.45, 7) is 0. The molecule has 1 heterocycles. The molecule has 24 heavy (non-hydrogen) atoms. The van der Waals surface area contributed by atoms with E-state index in [9.17, 15) is 18.3 Å². The molecule has 7 heteroatoms. The second-order valence-corrected chi connectivity index (χ2v) is 7.86. The number of nitrogens with one attached hydrogen (secondary N) is 1. The molecule has 0 aliphatic heterocycles. The van der Waals surface area contributed by atoms with Crippen molar-refractivity contribution >= 4 is 32.3 Å². The third-order valence-corrected chi connectivity index (χ3v) is 5.70. The number of pyridine rings is 1. The highest BCUT2D eigenvalue weighted by atomic mass is 35.5. The van der Waals surface area contributed by atoms with Crippen molar-refractivity contribution in [3.8, 4) is 5.75 Å². The molecule has 0 spiro atoms. The zero-order valence-corrected chi connectivity index (χ0v) is 14.1. The number of benzene rings is 2. The molecule has 3 rings (SSSR count). The molecule has 1 aromatic heterocycles. The first-order valence-corrected chi connectivity index (χ1v) is 9.23. The molecular weight excluding hydrogens is 350 g/mol. The van der Waals surface area contributed by atoms with Gasteiger partial charge in [0.25, 0.3) is 5.56 Å². The maximum atomic E-state index is 12.6. The van der Waals surface area contributed by atoms with Gasteiger partial charge in [0.15, 0.2) is 14.7 Å². The molecule has 0 amide bonds. The topological polar surface area (TPSA) is 87.2 Å². The van der Waals surface area contributed by atoms with Gasteiger partial charge in [-0.25, -0.2) is 8.42 Å². The van der Waals surface area contributed by atoms with Crippen LogP contribution in [-0.2, 0) is 16.3 Å². The summed E-state index contributed by atoms with van der Waals surface area (Å²) in [6, 6.07) is 13.5. The minimum Gasteiger partial charge on any atom is -0.506 e. The lowest BCUT2D eigenvalue weighted by Gasteiger charge is -2.09. The van der Waals surface area contributed by atoms with E-state index in [2.05, 4.69) is 4.98 Å². The standard InChI is InChI=1S/C17H14ClNO4S/c18-12-6-7-13-14(10-12)19-17(21)16(15(13)20)24(22,23)9-8-11-4-2-1-3-5-11/h1-7,10H,8-9H2,(H2,19,20,21). The molecular formula is C17H14ClNO4S. The van der Waals surface area contributed by atoms with E-state index in [1.807, 2.05) is 30.3 Å². The van der Waals surface area contributed by atoms with Crippen molar-refractivity contribution in [2.45, 2.75) is 11.3 Å². The molecule has 2 N–H and O–H groups in total. The van der Waals surface area contributed by atoms with Crippen LogP contribution in [0.3, 0.4) is 0 Å². The minimum atomic E-state index is -3.95. The molecule has 0 bridgehead atoms. The third kappa shape index (κ3) is 3.16. The number of sulfone groups is 1. The van der Waals surface area contributed by atoms with Crippen LogP contribution in [0, 0.1) is 0 Å². The predicted octanol–water partition coefficient (Wildman–Crippen LogP) is 2.90. The summed E-state index contributed by atoms with van der Waals surface area (Å²) in [5.41, 5.74) is 0.270. The Labute approximate surface area is 143 Å². The average molecular weight is 364 g/mol. The van der Waals surface area contributed by atoms with Gasteiger partial charge in [0, 0.05) is 10.4 Å². The van der Waals surface area contributed by atoms with Gasteiger partial charge >= 0.3 is 0 Å². The minimum absolute atomic E-state index is 0.234. The second kappa shape index (κ2) is 6.30. The van der Waals surface area contributed by atoms with Crippen LogP contribution in [0.25, 0.3) is 10.9 Å². The van der Waals surface area contributed by atoms with Crippen LogP contribution in [0.2, 0.25) is 5.02 Å². The van der Waals surface area contributed by atoms with E-state index in [0.717, 1.165) is 5.56 Å². The number of halogens is 1. The van der Waals surface area contributed by atoms with Gasteiger partial charge in [-0.3, -0.25) is 4.79 Å². The quantitative estimate of drug-likeness (QED) is 0.746. The van der Waals surface area contributed by atoms with Crippen molar-refractivity contribution in [2.24, 2.45) is 0 Å². The van der Waals surface area contributed by atoms with E-state index in [1.165, 1.54) is 18.2 Å². The van der Waals surface area contributed by atoms with E-state index in [0.29, 0.717) is 5.02 Å². The number of hydrogen-bond acceptors (Lipinski definition) is 4. The van der Waals surface area contributed by atoms with Gasteiger partial charge in [-0.05, 0) is 30.2 Å². The monoisotopic (exact) mass is 363 g/mol. The number of fused-ring (bicyclic) bond motifs is 1. The predicted molar refractivity (Wildman–Crippen MR) is 93.4 cm³/mol. The first kappa shape index (κ1) is 16.5. The molecule has 124 valence electrons. The summed E-state index contributed by atoms with van der Waals surface area (Å²) in [7, 11) is -3.95. The van der Waals surface area contributed by atoms with Crippen LogP contribution >= 0.6 is 11.6 Å². The van der Waals surface area contributed by atoms with Crippen molar-refractivity contribution in [1.82, 2.24) is 4.98 Å². The van der Waals surface area contributed by atoms with Crippen LogP contribution in [-0.4, -0.2) is 24.3 Å². The van der Waals surface area contributed by atoms with Gasteiger partial charge in [0.05, 0.1) is 11.3 Å². The van der Waals surface area contributed by atoms with E-state index in [4.69, 9.17) is 11.6 Å². The molecule has 0 fully saturated rings. The summed E-state index contributed by atoms with van der Waals surface area (Å²) >= 11 is 5.85. The van der Waals surface area contributed by atoms with Crippen molar-refractivity contribution in [1.29, 1.82) is 0 Å². The number of aromatic hydroxyl groups is 1. The molecule has 0 atom stereocenters. The highest BCUT2D eigenvalue weighted by Crippen LogP contribution is 2.30. The molecule has 0 saturated carbocycles. The highest BCUT2D eigenvalue weighted by molar-refractivity contribution is 7.91. The van der Waals surface area contributed by atoms with Crippen LogP contribution in [0.15, 0.2) is 58.2 Å². The fourth-order valence-electron chi connectivity index (χ4n) is 2.52. The molecule has 3 aromatic rings. The van der Waals surface area contributed by atoms with Crippen molar-refractivity contribution in [2.75, 3.05) is 5.75 Å². The Morgan fingerprint density at radius 3 is 2.50 bits per heavy atom. The maximum absolute atomic E-state index is 12.6. The molecule has 5 nitrogen and oxygen atoms in total. The Morgan fingerprint density at radius 2 is 1.79 bits per heavy atom. The summed E-state index contributed by atoms with van der Waals surface area (Å²) in [5, 5.41) is 10.9. The summed E-state index contributed by atoms with van der Waals surface area (Å²) < 4.78 is 25.1. The lowest BCUT2D eigenvalue weighted by atomic mass is 10.2. The van der Waals surface area contributed by atoms with Gasteiger partial charge in [0.1, 0.15) is 5.75 Å². The number of aromatic amines is 1. The molecule has 0 aliphatic carbocycles. The van der Waals surface area contributed by atoms with Crippen LogP contribution in [0.4, 0.5) is 0 Å². The Bertz CT molecular complexity index is 1060. The maximum Gasteiger partial charge on any atom is 0.271 e. The molecule has 0 aliphatic rings. The van der Waals surface area contributed by atoms with Crippen molar-refractivity contribution in [3.63, 3.8) is 0 Å². The summed E-state index contributed by atoms with van der Waals surface area (Å²) in [5.74, 6) is -0.814. The lowest BCUT2D eigenvalue weighted by molar-refractivity contribution is 0.463. The molecule has 0 saturated heterocycles. The Morgan fingerprint density at radius 1 is 1.08 bits per heavy atom. The first-order chi connectivity index (χ1) is 11.4. The normalized spacial score (nSPS) is 11.7. The van der Waals surface area contributed by atoms with Crippen molar-refractivity contribution < 1.29 is 13.5 Å². The van der Waals surface area contributed by atoms with Gasteiger partial charge in [-0.2, -0.15) is 0 Å². The van der Waals surface area contributed by atoms with Crippen LogP contribution in [0.1, 0.15) is 5.56 Å². The fourth-order valence-corrected chi connectivity index (χ4v) is 4.14. The van der Waals surface area contributed by atoms with E-state index < -0.39 is 26.0 Å². The molecule has 0 radical (unpaired) electrons. The number of rotatable bonds is 4. The number of H-pyrrole nitrogens is 1. The molecule has 2 aromatic carbocycles. The second-order valence-electron chi connectivity index (χ2n) is 5.38. The fraction of sp³-hybridized carbons (Fsp3) is 0.118. The average Bonchev–Trinajstić information content (AvgIpc) is 2.53. The van der Waals surface area contributed by atoms with Gasteiger partial charge < -0.3 is 10.1 Å². The number of hydrogen-bond donors (Lipinski definition) is 2. The van der Waals surface area contributed by atoms with Gasteiger partial charge in [-0.1, -0.05) is 41.9 Å². The zero-order valence-electron chi connectivity index (χ0n) is 12.5. The lowest BCUT2D eigenvalue weighted by Crippen LogP contribution is -2.21. The van der Waals surface area contributed by atoms with E-state index >= 15 is 0 Å². The van der Waals surface area contributed by atoms with E-state index in [1.54, 1.807) is 0 Å². The number of aromatic nitrogens is 1. The Hall–Kier alpha value is -2.31. The molecule has 0 unspecified atom stereocenters. The highest BCUT2D eigenvalue weighted by Gasteiger charge is 2.25.